The van der Waals surface area contributed by atoms with E-state index in [2.05, 4.69) is 32.9 Å². The third-order valence-corrected chi connectivity index (χ3v) is 4.57. The quantitative estimate of drug-likeness (QED) is 0.346. The Kier molecular flexibility index (Phi) is 10.6. The van der Waals surface area contributed by atoms with Crippen LogP contribution in [0.3, 0.4) is 0 Å². The number of benzene rings is 1. The number of nitrogens with zero attached hydrogens (tertiary/aromatic N) is 2. The number of rotatable bonds is 8. The van der Waals surface area contributed by atoms with Gasteiger partial charge in [0.25, 0.3) is 0 Å². The summed E-state index contributed by atoms with van der Waals surface area (Å²) in [6.07, 6.45) is 2.44. The fraction of sp³-hybridized carbons (Fsp3) is 0.444. The molecule has 0 aliphatic rings. The first-order valence-corrected chi connectivity index (χ1v) is 9.29. The maximum absolute atomic E-state index is 13.6. The van der Waals surface area contributed by atoms with Crippen LogP contribution in [-0.4, -0.2) is 30.6 Å². The van der Waals surface area contributed by atoms with Gasteiger partial charge in [0.05, 0.1) is 10.7 Å². The van der Waals surface area contributed by atoms with Crippen molar-refractivity contribution in [3.05, 3.63) is 51.7 Å². The monoisotopic (exact) mass is 476 g/mol. The predicted octanol–water partition coefficient (Wildman–Crippen LogP) is 3.80. The molecule has 0 amide bonds. The highest BCUT2D eigenvalue weighted by Gasteiger charge is 2.03. The van der Waals surface area contributed by atoms with Crippen LogP contribution in [-0.2, 0) is 19.3 Å². The molecule has 0 unspecified atom stereocenters. The summed E-state index contributed by atoms with van der Waals surface area (Å²) in [6, 6.07) is 6.87. The highest BCUT2D eigenvalue weighted by molar-refractivity contribution is 14.0. The van der Waals surface area contributed by atoms with Crippen LogP contribution in [0, 0.1) is 5.82 Å². The van der Waals surface area contributed by atoms with Gasteiger partial charge in [0, 0.05) is 31.4 Å². The largest absolute Gasteiger partial charge is 0.357 e. The van der Waals surface area contributed by atoms with Crippen molar-refractivity contribution >= 4 is 41.3 Å². The zero-order chi connectivity index (χ0) is 17.2. The Balaban J connectivity index is 0.00000312. The van der Waals surface area contributed by atoms with E-state index < -0.39 is 0 Å². The first kappa shape index (κ1) is 21.8. The summed E-state index contributed by atoms with van der Waals surface area (Å²) in [5.74, 6) is 0.608. The van der Waals surface area contributed by atoms with E-state index in [1.165, 1.54) is 11.1 Å². The van der Waals surface area contributed by atoms with Crippen molar-refractivity contribution in [2.75, 3.05) is 19.6 Å². The second kappa shape index (κ2) is 12.2. The lowest BCUT2D eigenvalue weighted by Crippen LogP contribution is -2.38. The summed E-state index contributed by atoms with van der Waals surface area (Å²) in [6.45, 7) is 6.26. The van der Waals surface area contributed by atoms with E-state index in [4.69, 9.17) is 0 Å². The van der Waals surface area contributed by atoms with Crippen LogP contribution in [0.1, 0.15) is 30.1 Å². The number of hydrogen-bond donors (Lipinski definition) is 2. The molecule has 0 bridgehead atoms. The smallest absolute Gasteiger partial charge is 0.191 e. The Labute approximate surface area is 170 Å². The molecule has 4 nitrogen and oxygen atoms in total. The molecule has 0 radical (unpaired) electrons. The van der Waals surface area contributed by atoms with Crippen molar-refractivity contribution in [2.24, 2.45) is 4.99 Å². The Bertz CT molecular complexity index is 660. The maximum Gasteiger partial charge on any atom is 0.191 e. The summed E-state index contributed by atoms with van der Waals surface area (Å²) < 4.78 is 13.6. The Morgan fingerprint density at radius 2 is 2.00 bits per heavy atom. The van der Waals surface area contributed by atoms with Gasteiger partial charge in [0.2, 0.25) is 0 Å². The predicted molar refractivity (Wildman–Crippen MR) is 115 cm³/mol. The molecule has 0 spiro atoms. The molecule has 2 rings (SSSR count). The normalized spacial score (nSPS) is 11.1. The number of aromatic nitrogens is 1. The molecule has 1 heterocycles. The Morgan fingerprint density at radius 3 is 2.68 bits per heavy atom. The van der Waals surface area contributed by atoms with Gasteiger partial charge in [-0.2, -0.15) is 0 Å². The van der Waals surface area contributed by atoms with Gasteiger partial charge < -0.3 is 10.6 Å². The molecule has 0 aliphatic carbocycles. The lowest BCUT2D eigenvalue weighted by Gasteiger charge is -2.11. The number of hydrogen-bond acceptors (Lipinski definition) is 3. The number of aliphatic imine (C=N–C) groups is 1. The van der Waals surface area contributed by atoms with Crippen molar-refractivity contribution in [3.8, 4) is 0 Å². The van der Waals surface area contributed by atoms with Gasteiger partial charge in [-0.1, -0.05) is 25.1 Å². The molecule has 0 atom stereocenters. The molecule has 0 aliphatic heterocycles. The third kappa shape index (κ3) is 7.68. The third-order valence-electron chi connectivity index (χ3n) is 3.53. The average Bonchev–Trinajstić information content (AvgIpc) is 3.04. The minimum Gasteiger partial charge on any atom is -0.357 e. The van der Waals surface area contributed by atoms with E-state index >= 15 is 0 Å². The van der Waals surface area contributed by atoms with E-state index in [9.17, 15) is 4.39 Å². The minimum atomic E-state index is -0.156. The van der Waals surface area contributed by atoms with Gasteiger partial charge in [0.15, 0.2) is 5.96 Å². The Morgan fingerprint density at radius 1 is 1.20 bits per heavy atom. The fourth-order valence-corrected chi connectivity index (χ4v) is 3.05. The van der Waals surface area contributed by atoms with E-state index in [0.29, 0.717) is 19.5 Å². The summed E-state index contributed by atoms with van der Waals surface area (Å²) in [4.78, 5) is 9.11. The van der Waals surface area contributed by atoms with Crippen molar-refractivity contribution in [1.82, 2.24) is 15.6 Å². The standard InChI is InChI=1S/C18H25FN4S.HI/c1-3-17-23-15(13-24-17)10-12-22-18(20-4-2)21-11-9-14-7-5-6-8-16(14)19;/h5-8,13H,3-4,9-12H2,1-2H3,(H2,20,21,22);1H. The zero-order valence-corrected chi connectivity index (χ0v) is 17.9. The first-order chi connectivity index (χ1) is 11.7. The van der Waals surface area contributed by atoms with Gasteiger partial charge >= 0.3 is 0 Å². The zero-order valence-electron chi connectivity index (χ0n) is 14.7. The summed E-state index contributed by atoms with van der Waals surface area (Å²) in [5.41, 5.74) is 1.82. The van der Waals surface area contributed by atoms with Crippen LogP contribution in [0.4, 0.5) is 4.39 Å². The number of halogens is 2. The highest BCUT2D eigenvalue weighted by atomic mass is 127. The summed E-state index contributed by atoms with van der Waals surface area (Å²) >= 11 is 1.71. The molecule has 2 N–H and O–H groups in total. The van der Waals surface area contributed by atoms with E-state index in [1.807, 2.05) is 19.1 Å². The van der Waals surface area contributed by atoms with Crippen LogP contribution in [0.2, 0.25) is 0 Å². The second-order valence-corrected chi connectivity index (χ2v) is 6.31. The van der Waals surface area contributed by atoms with E-state index in [1.54, 1.807) is 17.4 Å². The molecular weight excluding hydrogens is 450 g/mol. The molecule has 0 saturated carbocycles. The van der Waals surface area contributed by atoms with Crippen molar-refractivity contribution in [3.63, 3.8) is 0 Å². The van der Waals surface area contributed by atoms with Gasteiger partial charge in [-0.25, -0.2) is 9.37 Å². The maximum atomic E-state index is 13.6. The van der Waals surface area contributed by atoms with Crippen LogP contribution in [0.15, 0.2) is 34.6 Å². The van der Waals surface area contributed by atoms with Gasteiger partial charge in [0.1, 0.15) is 5.82 Å². The lowest BCUT2D eigenvalue weighted by molar-refractivity contribution is 0.606. The highest BCUT2D eigenvalue weighted by Crippen LogP contribution is 2.10. The van der Waals surface area contributed by atoms with Crippen molar-refractivity contribution in [2.45, 2.75) is 33.1 Å². The molecule has 138 valence electrons. The lowest BCUT2D eigenvalue weighted by atomic mass is 10.1. The molecule has 0 saturated heterocycles. The van der Waals surface area contributed by atoms with Crippen LogP contribution in [0.25, 0.3) is 0 Å². The van der Waals surface area contributed by atoms with Crippen molar-refractivity contribution in [1.29, 1.82) is 0 Å². The van der Waals surface area contributed by atoms with Crippen molar-refractivity contribution < 1.29 is 4.39 Å². The topological polar surface area (TPSA) is 49.3 Å². The molecule has 7 heteroatoms. The molecule has 2 aromatic rings. The van der Waals surface area contributed by atoms with Gasteiger partial charge in [-0.05, 0) is 31.4 Å². The van der Waals surface area contributed by atoms with Gasteiger partial charge in [-0.3, -0.25) is 4.99 Å². The minimum absolute atomic E-state index is 0. The summed E-state index contributed by atoms with van der Waals surface area (Å²) in [7, 11) is 0. The number of aryl methyl sites for hydroxylation is 1. The first-order valence-electron chi connectivity index (χ1n) is 8.41. The van der Waals surface area contributed by atoms with Crippen LogP contribution >= 0.6 is 35.3 Å². The number of thiazole rings is 1. The van der Waals surface area contributed by atoms with E-state index in [0.717, 1.165) is 36.6 Å². The average molecular weight is 476 g/mol. The fourth-order valence-electron chi connectivity index (χ4n) is 2.27. The Hall–Kier alpha value is -1.22. The molecule has 1 aromatic carbocycles. The number of guanidine groups is 1. The van der Waals surface area contributed by atoms with Crippen LogP contribution in [0.5, 0.6) is 0 Å². The molecular formula is C18H26FIN4S. The van der Waals surface area contributed by atoms with Gasteiger partial charge in [-0.15, -0.1) is 35.3 Å². The SMILES string of the molecule is CCNC(=NCCc1csc(CC)n1)NCCc1ccccc1F.I. The second-order valence-electron chi connectivity index (χ2n) is 5.36. The number of nitrogens with one attached hydrogen (secondary N) is 2. The molecule has 0 fully saturated rings. The molecule has 1 aromatic heterocycles. The van der Waals surface area contributed by atoms with Crippen LogP contribution < -0.4 is 10.6 Å². The summed E-state index contributed by atoms with van der Waals surface area (Å²) in [5, 5.41) is 9.74. The molecule has 25 heavy (non-hydrogen) atoms. The van der Waals surface area contributed by atoms with E-state index in [-0.39, 0.29) is 29.8 Å².